The predicted octanol–water partition coefficient (Wildman–Crippen LogP) is 2.86. The third-order valence-electron chi connectivity index (χ3n) is 4.40. The van der Waals surface area contributed by atoms with Crippen LogP contribution in [0.2, 0.25) is 0 Å². The quantitative estimate of drug-likeness (QED) is 0.243. The van der Waals surface area contributed by atoms with E-state index < -0.39 is 5.97 Å². The number of rotatable bonds is 7. The molecule has 0 amide bonds. The van der Waals surface area contributed by atoms with Crippen molar-refractivity contribution in [2.45, 2.75) is 6.92 Å². The summed E-state index contributed by atoms with van der Waals surface area (Å²) >= 11 is 1.24. The van der Waals surface area contributed by atoms with E-state index in [-0.39, 0.29) is 5.56 Å². The molecule has 2 heterocycles. The molecule has 0 bridgehead atoms. The van der Waals surface area contributed by atoms with Crippen LogP contribution in [0.3, 0.4) is 0 Å². The maximum Gasteiger partial charge on any atom is 0.308 e. The van der Waals surface area contributed by atoms with Gasteiger partial charge in [0.1, 0.15) is 12.4 Å². The molecule has 0 spiro atoms. The number of aromatic nitrogens is 3. The number of fused-ring (bicyclic) bond motifs is 1. The fourth-order valence-corrected chi connectivity index (χ4v) is 3.88. The van der Waals surface area contributed by atoms with Crippen LogP contribution in [0.15, 0.2) is 59.9 Å². The van der Waals surface area contributed by atoms with Crippen LogP contribution in [0.5, 0.6) is 17.2 Å². The zero-order chi connectivity index (χ0) is 22.7. The number of methoxy groups -OCH3 is 1. The highest BCUT2D eigenvalue weighted by molar-refractivity contribution is 7.15. The zero-order valence-corrected chi connectivity index (χ0v) is 18.2. The van der Waals surface area contributed by atoms with Gasteiger partial charge >= 0.3 is 5.97 Å². The van der Waals surface area contributed by atoms with Crippen molar-refractivity contribution in [1.29, 1.82) is 0 Å². The van der Waals surface area contributed by atoms with E-state index in [1.165, 1.54) is 29.9 Å². The summed E-state index contributed by atoms with van der Waals surface area (Å²) in [5.41, 5.74) is 1.23. The van der Waals surface area contributed by atoms with Crippen molar-refractivity contribution in [3.63, 3.8) is 0 Å². The molecule has 0 unspecified atom stereocenters. The molecule has 2 aromatic heterocycles. The maximum atomic E-state index is 12.8. The molecular formula is C23H19N3O5S. The summed E-state index contributed by atoms with van der Waals surface area (Å²) in [6.45, 7) is 5.36. The first kappa shape index (κ1) is 21.3. The van der Waals surface area contributed by atoms with Gasteiger partial charge in [-0.05, 0) is 48.0 Å². The molecule has 32 heavy (non-hydrogen) atoms. The van der Waals surface area contributed by atoms with Gasteiger partial charge in [-0.1, -0.05) is 30.1 Å². The van der Waals surface area contributed by atoms with Crippen LogP contribution in [0.25, 0.3) is 22.4 Å². The van der Waals surface area contributed by atoms with Crippen molar-refractivity contribution >= 4 is 28.3 Å². The monoisotopic (exact) mass is 449 g/mol. The molecule has 162 valence electrons. The Bertz CT molecular complexity index is 1410. The Labute approximate surface area is 187 Å². The fourth-order valence-electron chi connectivity index (χ4n) is 2.98. The topological polar surface area (TPSA) is 92.0 Å². The molecule has 0 aliphatic heterocycles. The van der Waals surface area contributed by atoms with Crippen molar-refractivity contribution in [2.75, 3.05) is 13.7 Å². The SMILES string of the molecule is C=CCOc1ccc(-c2nc3s/c(=C\c4ccc(OC(C)=O)c(OC)c4)c(=O)n3n2)cc1. The number of carbonyl (C=O) groups excluding carboxylic acids is 1. The molecule has 0 fully saturated rings. The number of carbonyl (C=O) groups is 1. The van der Waals surface area contributed by atoms with E-state index in [2.05, 4.69) is 16.7 Å². The predicted molar refractivity (Wildman–Crippen MR) is 121 cm³/mol. The summed E-state index contributed by atoms with van der Waals surface area (Å²) in [4.78, 5) is 29.0. The summed E-state index contributed by atoms with van der Waals surface area (Å²) < 4.78 is 17.6. The van der Waals surface area contributed by atoms with E-state index >= 15 is 0 Å². The highest BCUT2D eigenvalue weighted by Crippen LogP contribution is 2.28. The van der Waals surface area contributed by atoms with Crippen LogP contribution in [-0.4, -0.2) is 34.3 Å². The summed E-state index contributed by atoms with van der Waals surface area (Å²) in [6, 6.07) is 12.4. The first-order valence-corrected chi connectivity index (χ1v) is 10.4. The van der Waals surface area contributed by atoms with Gasteiger partial charge in [0.15, 0.2) is 17.3 Å². The summed E-state index contributed by atoms with van der Waals surface area (Å²) in [7, 11) is 1.48. The van der Waals surface area contributed by atoms with E-state index in [1.807, 2.05) is 24.3 Å². The molecule has 0 radical (unpaired) electrons. The molecule has 4 rings (SSSR count). The average molecular weight is 449 g/mol. The van der Waals surface area contributed by atoms with Gasteiger partial charge in [0.2, 0.25) is 4.96 Å². The molecule has 4 aromatic rings. The molecule has 0 atom stereocenters. The van der Waals surface area contributed by atoms with Gasteiger partial charge in [-0.25, -0.2) is 0 Å². The minimum Gasteiger partial charge on any atom is -0.493 e. The molecule has 0 aliphatic rings. The van der Waals surface area contributed by atoms with E-state index in [1.54, 1.807) is 30.4 Å². The Morgan fingerprint density at radius 2 is 1.97 bits per heavy atom. The lowest BCUT2D eigenvalue weighted by molar-refractivity contribution is -0.132. The van der Waals surface area contributed by atoms with Crippen molar-refractivity contribution in [3.05, 3.63) is 75.6 Å². The molecule has 0 saturated heterocycles. The smallest absolute Gasteiger partial charge is 0.308 e. The third kappa shape index (κ3) is 4.37. The van der Waals surface area contributed by atoms with Crippen molar-refractivity contribution < 1.29 is 19.0 Å². The highest BCUT2D eigenvalue weighted by atomic mass is 32.1. The van der Waals surface area contributed by atoms with Gasteiger partial charge in [0, 0.05) is 12.5 Å². The molecule has 8 nitrogen and oxygen atoms in total. The number of hydrogen-bond donors (Lipinski definition) is 0. The molecule has 0 saturated carbocycles. The van der Waals surface area contributed by atoms with Gasteiger partial charge < -0.3 is 14.2 Å². The second kappa shape index (κ2) is 9.03. The number of ether oxygens (including phenoxy) is 3. The van der Waals surface area contributed by atoms with Gasteiger partial charge in [-0.15, -0.1) is 5.10 Å². The van der Waals surface area contributed by atoms with E-state index in [0.29, 0.717) is 39.2 Å². The maximum absolute atomic E-state index is 12.8. The van der Waals surface area contributed by atoms with Gasteiger partial charge in [-0.3, -0.25) is 9.59 Å². The van der Waals surface area contributed by atoms with Crippen molar-refractivity contribution in [1.82, 2.24) is 14.6 Å². The number of benzene rings is 2. The molecule has 2 aromatic carbocycles. The van der Waals surface area contributed by atoms with Gasteiger partial charge in [0.25, 0.3) is 5.56 Å². The van der Waals surface area contributed by atoms with Gasteiger partial charge in [-0.2, -0.15) is 9.50 Å². The fraction of sp³-hybridized carbons (Fsp3) is 0.130. The third-order valence-corrected chi connectivity index (χ3v) is 5.36. The second-order valence-electron chi connectivity index (χ2n) is 6.67. The minimum absolute atomic E-state index is 0.266. The average Bonchev–Trinajstić information content (AvgIpc) is 3.32. The molecule has 9 heteroatoms. The Balaban J connectivity index is 1.64. The number of hydrogen-bond acceptors (Lipinski definition) is 8. The van der Waals surface area contributed by atoms with Crippen molar-refractivity contribution in [3.8, 4) is 28.6 Å². The summed E-state index contributed by atoms with van der Waals surface area (Å²) in [5.74, 6) is 1.44. The standard InChI is InChI=1S/C23H19N3O5S/c1-4-11-30-17-8-6-16(7-9-17)21-24-23-26(25-21)22(28)20(32-23)13-15-5-10-18(31-14(2)27)19(12-15)29-3/h4-10,12-13H,1,11H2,2-3H3/b20-13-. The van der Waals surface area contributed by atoms with Crippen LogP contribution < -0.4 is 24.3 Å². The van der Waals surface area contributed by atoms with Crippen LogP contribution in [-0.2, 0) is 4.79 Å². The van der Waals surface area contributed by atoms with E-state index in [9.17, 15) is 9.59 Å². The Morgan fingerprint density at radius 1 is 1.19 bits per heavy atom. The number of nitrogens with zero attached hydrogens (tertiary/aromatic N) is 3. The lowest BCUT2D eigenvalue weighted by Crippen LogP contribution is -2.23. The van der Waals surface area contributed by atoms with Gasteiger partial charge in [0.05, 0.1) is 11.6 Å². The van der Waals surface area contributed by atoms with Crippen LogP contribution in [0, 0.1) is 0 Å². The van der Waals surface area contributed by atoms with Crippen molar-refractivity contribution in [2.24, 2.45) is 0 Å². The van der Waals surface area contributed by atoms with E-state index in [0.717, 1.165) is 11.1 Å². The first-order chi connectivity index (χ1) is 15.5. The lowest BCUT2D eigenvalue weighted by atomic mass is 10.2. The lowest BCUT2D eigenvalue weighted by Gasteiger charge is -2.08. The zero-order valence-electron chi connectivity index (χ0n) is 17.4. The Kier molecular flexibility index (Phi) is 6.00. The Hall–Kier alpha value is -3.98. The van der Waals surface area contributed by atoms with Crippen LogP contribution in [0.1, 0.15) is 12.5 Å². The summed E-state index contributed by atoms with van der Waals surface area (Å²) in [6.07, 6.45) is 3.39. The number of thiazole rings is 1. The summed E-state index contributed by atoms with van der Waals surface area (Å²) in [5, 5.41) is 4.36. The van der Waals surface area contributed by atoms with E-state index in [4.69, 9.17) is 14.2 Å². The molecular weight excluding hydrogens is 430 g/mol. The molecule has 0 N–H and O–H groups in total. The Morgan fingerprint density at radius 3 is 2.62 bits per heavy atom. The molecule has 0 aliphatic carbocycles. The van der Waals surface area contributed by atoms with Crippen LogP contribution in [0.4, 0.5) is 0 Å². The first-order valence-electron chi connectivity index (χ1n) is 9.60. The largest absolute Gasteiger partial charge is 0.493 e. The normalized spacial score (nSPS) is 11.5. The second-order valence-corrected chi connectivity index (χ2v) is 7.68. The van der Waals surface area contributed by atoms with Crippen LogP contribution >= 0.6 is 11.3 Å². The minimum atomic E-state index is -0.442. The number of esters is 1. The highest BCUT2D eigenvalue weighted by Gasteiger charge is 2.13.